The molecule has 94 valence electrons. The van der Waals surface area contributed by atoms with Crippen LogP contribution in [0.15, 0.2) is 18.2 Å². The van der Waals surface area contributed by atoms with E-state index in [2.05, 4.69) is 5.32 Å². The summed E-state index contributed by atoms with van der Waals surface area (Å²) in [6.45, 7) is 5.20. The lowest BCUT2D eigenvalue weighted by atomic mass is 10.0. The Bertz CT molecular complexity index is 435. The summed E-state index contributed by atoms with van der Waals surface area (Å²) in [5, 5.41) is 3.38. The molecule has 3 N–H and O–H groups in total. The Morgan fingerprint density at radius 2 is 2.12 bits per heavy atom. The number of hydrogen-bond donors (Lipinski definition) is 2. The molecule has 3 nitrogen and oxygen atoms in total. The number of carbonyl (C=O) groups excluding carboxylic acids is 1. The van der Waals surface area contributed by atoms with Gasteiger partial charge in [0.05, 0.1) is 5.54 Å². The molecule has 5 heteroatoms. The fourth-order valence-corrected chi connectivity index (χ4v) is 1.87. The topological polar surface area (TPSA) is 55.1 Å². The van der Waals surface area contributed by atoms with Crippen LogP contribution in [0, 0.1) is 5.82 Å². The second-order valence-corrected chi connectivity index (χ2v) is 4.93. The van der Waals surface area contributed by atoms with Gasteiger partial charge in [0.25, 0.3) is 0 Å². The highest BCUT2D eigenvalue weighted by Gasteiger charge is 2.27. The predicted octanol–water partition coefficient (Wildman–Crippen LogP) is 2.39. The quantitative estimate of drug-likeness (QED) is 0.871. The van der Waals surface area contributed by atoms with Gasteiger partial charge in [-0.15, -0.1) is 0 Å². The van der Waals surface area contributed by atoms with Gasteiger partial charge in [0.1, 0.15) is 5.82 Å². The zero-order valence-electron chi connectivity index (χ0n) is 10.1. The second kappa shape index (κ2) is 5.02. The molecule has 1 aromatic carbocycles. The van der Waals surface area contributed by atoms with E-state index in [1.807, 2.05) is 6.92 Å². The number of benzene rings is 1. The molecule has 0 aliphatic rings. The van der Waals surface area contributed by atoms with E-state index in [0.717, 1.165) is 5.56 Å². The van der Waals surface area contributed by atoms with Crippen LogP contribution in [0.25, 0.3) is 0 Å². The first kappa shape index (κ1) is 13.9. The van der Waals surface area contributed by atoms with Gasteiger partial charge < -0.3 is 5.73 Å². The smallest absolute Gasteiger partial charge is 0.237 e. The van der Waals surface area contributed by atoms with Crippen LogP contribution in [-0.2, 0) is 4.79 Å². The van der Waals surface area contributed by atoms with Crippen LogP contribution in [0.5, 0.6) is 0 Å². The van der Waals surface area contributed by atoms with Gasteiger partial charge in [0.2, 0.25) is 5.91 Å². The molecule has 0 bridgehead atoms. The summed E-state index contributed by atoms with van der Waals surface area (Å²) in [4.78, 5) is 11.2. The maximum absolute atomic E-state index is 12.9. The highest BCUT2D eigenvalue weighted by Crippen LogP contribution is 2.25. The number of hydrogen-bond acceptors (Lipinski definition) is 2. The molecule has 0 heterocycles. The molecule has 0 fully saturated rings. The molecule has 0 spiro atoms. The van der Waals surface area contributed by atoms with E-state index in [0.29, 0.717) is 5.02 Å². The fraction of sp³-hybridized carbons (Fsp3) is 0.417. The Labute approximate surface area is 105 Å². The SMILES string of the molecule is CC(NC(C)(C)C(N)=O)c1ccc(F)cc1Cl. The molecule has 1 rings (SSSR count). The first-order valence-corrected chi connectivity index (χ1v) is 5.64. The van der Waals surface area contributed by atoms with Gasteiger partial charge in [-0.2, -0.15) is 0 Å². The molecular weight excluding hydrogens is 243 g/mol. The number of amides is 1. The maximum atomic E-state index is 12.9. The number of nitrogens with two attached hydrogens (primary N) is 1. The average molecular weight is 259 g/mol. The summed E-state index contributed by atoms with van der Waals surface area (Å²) in [6.07, 6.45) is 0. The van der Waals surface area contributed by atoms with Crippen molar-refractivity contribution in [2.45, 2.75) is 32.4 Å². The van der Waals surface area contributed by atoms with E-state index in [1.54, 1.807) is 19.9 Å². The lowest BCUT2D eigenvalue weighted by Gasteiger charge is -2.27. The van der Waals surface area contributed by atoms with Crippen molar-refractivity contribution in [3.63, 3.8) is 0 Å². The third kappa shape index (κ3) is 3.41. The van der Waals surface area contributed by atoms with E-state index in [4.69, 9.17) is 17.3 Å². The standard InChI is InChI=1S/C12H16ClFN2O/c1-7(16-12(2,3)11(15)17)9-5-4-8(14)6-10(9)13/h4-7,16H,1-3H3,(H2,15,17). The van der Waals surface area contributed by atoms with Crippen LogP contribution in [0.2, 0.25) is 5.02 Å². The molecule has 1 unspecified atom stereocenters. The third-order valence-electron chi connectivity index (χ3n) is 2.62. The maximum Gasteiger partial charge on any atom is 0.237 e. The Morgan fingerprint density at radius 1 is 1.53 bits per heavy atom. The molecule has 1 atom stereocenters. The zero-order chi connectivity index (χ0) is 13.2. The highest BCUT2D eigenvalue weighted by atomic mass is 35.5. The summed E-state index contributed by atoms with van der Waals surface area (Å²) < 4.78 is 12.9. The van der Waals surface area contributed by atoms with Crippen molar-refractivity contribution in [1.82, 2.24) is 5.32 Å². The van der Waals surface area contributed by atoms with Crippen molar-refractivity contribution in [3.05, 3.63) is 34.6 Å². The van der Waals surface area contributed by atoms with Crippen molar-refractivity contribution in [1.29, 1.82) is 0 Å². The highest BCUT2D eigenvalue weighted by molar-refractivity contribution is 6.31. The predicted molar refractivity (Wildman–Crippen MR) is 66.2 cm³/mol. The molecule has 1 amide bonds. The molecular formula is C12H16ClFN2O. The number of rotatable bonds is 4. The summed E-state index contributed by atoms with van der Waals surface area (Å²) in [5.74, 6) is -0.845. The third-order valence-corrected chi connectivity index (χ3v) is 2.95. The van der Waals surface area contributed by atoms with Gasteiger partial charge in [-0.3, -0.25) is 10.1 Å². The number of carbonyl (C=O) groups is 1. The Morgan fingerprint density at radius 3 is 2.59 bits per heavy atom. The normalized spacial score (nSPS) is 13.5. The van der Waals surface area contributed by atoms with Gasteiger partial charge in [-0.05, 0) is 38.5 Å². The van der Waals surface area contributed by atoms with Gasteiger partial charge >= 0.3 is 0 Å². The van der Waals surface area contributed by atoms with Gasteiger partial charge in [0.15, 0.2) is 0 Å². The average Bonchev–Trinajstić information content (AvgIpc) is 2.15. The zero-order valence-corrected chi connectivity index (χ0v) is 10.8. The molecule has 1 aromatic rings. The van der Waals surface area contributed by atoms with E-state index >= 15 is 0 Å². The van der Waals surface area contributed by atoms with Gasteiger partial charge in [-0.25, -0.2) is 4.39 Å². The van der Waals surface area contributed by atoms with Crippen LogP contribution < -0.4 is 11.1 Å². The van der Waals surface area contributed by atoms with Crippen LogP contribution in [0.1, 0.15) is 32.4 Å². The van der Waals surface area contributed by atoms with Crippen LogP contribution in [-0.4, -0.2) is 11.4 Å². The summed E-state index contributed by atoms with van der Waals surface area (Å²) in [7, 11) is 0. The Kier molecular flexibility index (Phi) is 4.11. The van der Waals surface area contributed by atoms with E-state index in [9.17, 15) is 9.18 Å². The van der Waals surface area contributed by atoms with Crippen LogP contribution in [0.4, 0.5) is 4.39 Å². The minimum absolute atomic E-state index is 0.203. The van der Waals surface area contributed by atoms with Gasteiger partial charge in [-0.1, -0.05) is 17.7 Å². The van der Waals surface area contributed by atoms with E-state index < -0.39 is 11.4 Å². The van der Waals surface area contributed by atoms with Crippen molar-refractivity contribution in [2.75, 3.05) is 0 Å². The molecule has 0 aliphatic carbocycles. The Balaban J connectivity index is 2.90. The minimum atomic E-state index is -0.850. The fourth-order valence-electron chi connectivity index (χ4n) is 1.54. The van der Waals surface area contributed by atoms with Crippen molar-refractivity contribution in [2.24, 2.45) is 5.73 Å². The largest absolute Gasteiger partial charge is 0.368 e. The van der Waals surface area contributed by atoms with E-state index in [1.165, 1.54) is 12.1 Å². The minimum Gasteiger partial charge on any atom is -0.368 e. The summed E-state index contributed by atoms with van der Waals surface area (Å²) >= 11 is 5.94. The number of halogens is 2. The first-order valence-electron chi connectivity index (χ1n) is 5.26. The van der Waals surface area contributed by atoms with Crippen molar-refractivity contribution >= 4 is 17.5 Å². The van der Waals surface area contributed by atoms with Crippen LogP contribution >= 0.6 is 11.6 Å². The van der Waals surface area contributed by atoms with E-state index in [-0.39, 0.29) is 11.9 Å². The number of nitrogens with one attached hydrogen (secondary N) is 1. The Hall–Kier alpha value is -1.13. The first-order chi connectivity index (χ1) is 7.74. The number of primary amides is 1. The monoisotopic (exact) mass is 258 g/mol. The molecule has 0 saturated heterocycles. The molecule has 0 aliphatic heterocycles. The van der Waals surface area contributed by atoms with Gasteiger partial charge in [0, 0.05) is 11.1 Å². The molecule has 0 radical (unpaired) electrons. The summed E-state index contributed by atoms with van der Waals surface area (Å²) in [5.41, 5.74) is 5.14. The molecule has 17 heavy (non-hydrogen) atoms. The second-order valence-electron chi connectivity index (χ2n) is 4.52. The lowest BCUT2D eigenvalue weighted by molar-refractivity contribution is -0.123. The van der Waals surface area contributed by atoms with Crippen LogP contribution in [0.3, 0.4) is 0 Å². The van der Waals surface area contributed by atoms with Crippen molar-refractivity contribution < 1.29 is 9.18 Å². The summed E-state index contributed by atoms with van der Waals surface area (Å²) in [6, 6.07) is 3.96. The lowest BCUT2D eigenvalue weighted by Crippen LogP contribution is -2.51. The molecule has 0 saturated carbocycles. The van der Waals surface area contributed by atoms with Crippen molar-refractivity contribution in [3.8, 4) is 0 Å². The molecule has 0 aromatic heterocycles.